The molecule has 2 unspecified atom stereocenters. The van der Waals surface area contributed by atoms with Gasteiger partial charge in [-0.1, -0.05) is 55.1 Å². The summed E-state index contributed by atoms with van der Waals surface area (Å²) in [4.78, 5) is 0.236. The molecule has 1 heterocycles. The molecule has 2 rings (SSSR count). The molecule has 76 valence electrons. The van der Waals surface area contributed by atoms with Crippen LogP contribution in [-0.4, -0.2) is 9.90 Å². The van der Waals surface area contributed by atoms with Gasteiger partial charge in [-0.15, -0.1) is 0 Å². The van der Waals surface area contributed by atoms with Crippen LogP contribution in [0.25, 0.3) is 0 Å². The third kappa shape index (κ3) is 1.98. The average Bonchev–Trinajstić information content (AvgIpc) is 2.11. The van der Waals surface area contributed by atoms with Gasteiger partial charge in [-0.3, -0.25) is 0 Å². The van der Waals surface area contributed by atoms with Gasteiger partial charge in [-0.2, -0.15) is 0 Å². The Bertz CT molecular complexity index is 338. The molecule has 0 amide bonds. The number of alkyl halides is 2. The van der Waals surface area contributed by atoms with Crippen LogP contribution in [0.15, 0.2) is 12.1 Å². The molecule has 1 aromatic carbocycles. The number of rotatable bonds is 0. The summed E-state index contributed by atoms with van der Waals surface area (Å²) in [7, 11) is 0. The zero-order valence-electron chi connectivity index (χ0n) is 6.82. The molecule has 0 aromatic heterocycles. The van der Waals surface area contributed by atoms with Crippen LogP contribution in [0.4, 0.5) is 11.4 Å². The smallest absolute Gasteiger partial charge is 0.112 e. The summed E-state index contributed by atoms with van der Waals surface area (Å²) in [5, 5.41) is 7.58. The molecule has 6 heteroatoms. The molecule has 2 atom stereocenters. The summed E-state index contributed by atoms with van der Waals surface area (Å²) in [6, 6.07) is 3.61. The first kappa shape index (κ1) is 10.9. The number of hydrogen-bond donors (Lipinski definition) is 2. The number of hydrogen-bond acceptors (Lipinski definition) is 2. The van der Waals surface area contributed by atoms with Crippen LogP contribution in [0.1, 0.15) is 0 Å². The first-order chi connectivity index (χ1) is 6.58. The second kappa shape index (κ2) is 4.08. The van der Waals surface area contributed by atoms with Crippen molar-refractivity contribution in [2.24, 2.45) is 0 Å². The summed E-state index contributed by atoms with van der Waals surface area (Å²) in [6.07, 6.45) is 0. The molecule has 1 aliphatic rings. The van der Waals surface area contributed by atoms with Crippen molar-refractivity contribution in [2.75, 3.05) is 10.6 Å². The highest BCUT2D eigenvalue weighted by molar-refractivity contribution is 9.12. The van der Waals surface area contributed by atoms with E-state index in [1.807, 2.05) is 0 Å². The van der Waals surface area contributed by atoms with Gasteiger partial charge in [-0.25, -0.2) is 0 Å². The monoisotopic (exact) mass is 358 g/mol. The van der Waals surface area contributed by atoms with Gasteiger partial charge in [0.25, 0.3) is 0 Å². The van der Waals surface area contributed by atoms with E-state index >= 15 is 0 Å². The van der Waals surface area contributed by atoms with Crippen molar-refractivity contribution in [1.82, 2.24) is 0 Å². The van der Waals surface area contributed by atoms with Crippen molar-refractivity contribution in [3.05, 3.63) is 22.2 Å². The first-order valence-corrected chi connectivity index (χ1v) is 6.47. The van der Waals surface area contributed by atoms with Crippen molar-refractivity contribution in [1.29, 1.82) is 0 Å². The number of benzene rings is 1. The zero-order valence-corrected chi connectivity index (χ0v) is 11.5. The quantitative estimate of drug-likeness (QED) is 0.533. The summed E-state index contributed by atoms with van der Waals surface area (Å²) in [5.74, 6) is 0. The van der Waals surface area contributed by atoms with Crippen LogP contribution < -0.4 is 10.6 Å². The molecule has 0 saturated heterocycles. The van der Waals surface area contributed by atoms with Gasteiger partial charge in [0.2, 0.25) is 0 Å². The molecule has 0 spiro atoms. The SMILES string of the molecule is Clc1cc2c(cc1Cl)NC(Br)C(Br)N2. The number of fused-ring (bicyclic) bond motifs is 1. The van der Waals surface area contributed by atoms with Crippen LogP contribution in [-0.2, 0) is 0 Å². The van der Waals surface area contributed by atoms with Crippen LogP contribution in [0.3, 0.4) is 0 Å². The number of halogens is 4. The molecule has 0 fully saturated rings. The fourth-order valence-corrected chi connectivity index (χ4v) is 2.31. The van der Waals surface area contributed by atoms with Crippen LogP contribution in [0.5, 0.6) is 0 Å². The van der Waals surface area contributed by atoms with E-state index in [0.29, 0.717) is 10.0 Å². The molecular formula is C8H6Br2Cl2N2. The lowest BCUT2D eigenvalue weighted by Gasteiger charge is -2.29. The zero-order chi connectivity index (χ0) is 10.3. The van der Waals surface area contributed by atoms with Crippen molar-refractivity contribution in [3.8, 4) is 0 Å². The summed E-state index contributed by atoms with van der Waals surface area (Å²) in [6.45, 7) is 0. The number of anilines is 2. The molecule has 2 N–H and O–H groups in total. The Morgan fingerprint density at radius 1 is 0.929 bits per heavy atom. The normalized spacial score (nSPS) is 24.9. The minimum atomic E-state index is 0.118. The summed E-state index contributed by atoms with van der Waals surface area (Å²) < 4.78 is 0. The average molecular weight is 361 g/mol. The molecule has 1 aliphatic heterocycles. The van der Waals surface area contributed by atoms with Gasteiger partial charge in [0, 0.05) is 0 Å². The fourth-order valence-electron chi connectivity index (χ4n) is 1.23. The van der Waals surface area contributed by atoms with Gasteiger partial charge >= 0.3 is 0 Å². The minimum Gasteiger partial charge on any atom is -0.369 e. The summed E-state index contributed by atoms with van der Waals surface area (Å²) in [5.41, 5.74) is 1.88. The predicted molar refractivity (Wildman–Crippen MR) is 69.1 cm³/mol. The van der Waals surface area contributed by atoms with Crippen molar-refractivity contribution in [3.63, 3.8) is 0 Å². The lowest BCUT2D eigenvalue weighted by Crippen LogP contribution is -2.34. The van der Waals surface area contributed by atoms with Gasteiger partial charge in [0.15, 0.2) is 0 Å². The topological polar surface area (TPSA) is 24.1 Å². The second-order valence-corrected chi connectivity index (χ2v) is 5.69. The molecule has 0 radical (unpaired) electrons. The van der Waals surface area contributed by atoms with E-state index in [1.165, 1.54) is 0 Å². The fraction of sp³-hybridized carbons (Fsp3) is 0.250. The third-order valence-electron chi connectivity index (χ3n) is 1.90. The highest BCUT2D eigenvalue weighted by atomic mass is 79.9. The predicted octanol–water partition coefficient (Wildman–Crippen LogP) is 4.27. The van der Waals surface area contributed by atoms with Gasteiger partial charge in [0.1, 0.15) is 9.90 Å². The van der Waals surface area contributed by atoms with Gasteiger partial charge in [0.05, 0.1) is 21.4 Å². The van der Waals surface area contributed by atoms with Gasteiger partial charge < -0.3 is 10.6 Å². The van der Waals surface area contributed by atoms with Crippen LogP contribution in [0, 0.1) is 0 Å². The van der Waals surface area contributed by atoms with Crippen molar-refractivity contribution >= 4 is 66.4 Å². The Kier molecular flexibility index (Phi) is 3.17. The maximum Gasteiger partial charge on any atom is 0.112 e. The highest BCUT2D eigenvalue weighted by Gasteiger charge is 2.23. The molecule has 2 nitrogen and oxygen atoms in total. The maximum atomic E-state index is 5.90. The van der Waals surface area contributed by atoms with E-state index in [9.17, 15) is 0 Å². The standard InChI is InChI=1S/C8H6Br2Cl2N2/c9-7-8(10)14-6-2-4(12)3(11)1-5(6)13-7/h1-2,7-8,13-14H. The second-order valence-electron chi connectivity index (χ2n) is 2.90. The molecular weight excluding hydrogens is 355 g/mol. The lowest BCUT2D eigenvalue weighted by atomic mass is 10.2. The van der Waals surface area contributed by atoms with Gasteiger partial charge in [-0.05, 0) is 12.1 Å². The Morgan fingerprint density at radius 2 is 1.29 bits per heavy atom. The minimum absolute atomic E-state index is 0.118. The number of nitrogens with one attached hydrogen (secondary N) is 2. The maximum absolute atomic E-state index is 5.90. The third-order valence-corrected chi connectivity index (χ3v) is 4.85. The Morgan fingerprint density at radius 3 is 1.64 bits per heavy atom. The van der Waals surface area contributed by atoms with E-state index in [4.69, 9.17) is 23.2 Å². The highest BCUT2D eigenvalue weighted by Crippen LogP contribution is 2.37. The van der Waals surface area contributed by atoms with E-state index in [0.717, 1.165) is 11.4 Å². The Hall–Kier alpha value is 0.360. The van der Waals surface area contributed by atoms with E-state index in [2.05, 4.69) is 42.5 Å². The molecule has 1 aromatic rings. The Balaban J connectivity index is 2.42. The molecule has 0 saturated carbocycles. The molecule has 0 aliphatic carbocycles. The Labute approximate surface area is 109 Å². The van der Waals surface area contributed by atoms with Crippen molar-refractivity contribution < 1.29 is 0 Å². The van der Waals surface area contributed by atoms with Crippen LogP contribution in [0.2, 0.25) is 10.0 Å². The van der Waals surface area contributed by atoms with Crippen molar-refractivity contribution in [2.45, 2.75) is 9.90 Å². The lowest BCUT2D eigenvalue weighted by molar-refractivity contribution is 0.955. The molecule has 14 heavy (non-hydrogen) atoms. The van der Waals surface area contributed by atoms with E-state index in [-0.39, 0.29) is 9.90 Å². The van der Waals surface area contributed by atoms with Crippen LogP contribution >= 0.6 is 55.1 Å². The molecule has 0 bridgehead atoms. The van der Waals surface area contributed by atoms with E-state index < -0.39 is 0 Å². The first-order valence-electron chi connectivity index (χ1n) is 3.88. The largest absolute Gasteiger partial charge is 0.369 e. The summed E-state index contributed by atoms with van der Waals surface area (Å²) >= 11 is 18.7. The van der Waals surface area contributed by atoms with E-state index in [1.54, 1.807) is 12.1 Å².